The molecule has 0 atom stereocenters. The summed E-state index contributed by atoms with van der Waals surface area (Å²) < 4.78 is 38.4. The van der Waals surface area contributed by atoms with E-state index in [1.807, 2.05) is 0 Å². The first kappa shape index (κ1) is 13.2. The molecule has 0 bridgehead atoms. The molecular formula is C8H9O6PS-2. The third-order valence-electron chi connectivity index (χ3n) is 1.73. The van der Waals surface area contributed by atoms with Gasteiger partial charge in [-0.2, -0.15) is 0 Å². The van der Waals surface area contributed by atoms with Gasteiger partial charge in [-0.15, -0.1) is 0 Å². The Morgan fingerprint density at radius 1 is 1.31 bits per heavy atom. The fourth-order valence-corrected chi connectivity index (χ4v) is 4.12. The van der Waals surface area contributed by atoms with Crippen LogP contribution < -0.4 is 14.5 Å². The summed E-state index contributed by atoms with van der Waals surface area (Å²) in [5, 5.41) is 0. The molecule has 0 saturated carbocycles. The average Bonchev–Trinajstić information content (AvgIpc) is 2.14. The Morgan fingerprint density at radius 3 is 2.38 bits per heavy atom. The van der Waals surface area contributed by atoms with Gasteiger partial charge < -0.3 is 19.1 Å². The van der Waals surface area contributed by atoms with Crippen LogP contribution in [0.2, 0.25) is 0 Å². The minimum atomic E-state index is -5.13. The maximum atomic E-state index is 11.6. The Balaban J connectivity index is 3.23. The summed E-state index contributed by atoms with van der Waals surface area (Å²) in [4.78, 5) is 20.6. The topological polar surface area (TPSA) is 107 Å². The lowest BCUT2D eigenvalue weighted by Gasteiger charge is -2.28. The van der Waals surface area contributed by atoms with E-state index >= 15 is 0 Å². The van der Waals surface area contributed by atoms with Crippen LogP contribution in [0.25, 0.3) is 0 Å². The molecule has 6 nitrogen and oxygen atoms in total. The van der Waals surface area contributed by atoms with Crippen molar-refractivity contribution < 1.29 is 27.5 Å². The zero-order valence-corrected chi connectivity index (χ0v) is 10.0. The van der Waals surface area contributed by atoms with E-state index in [4.69, 9.17) is 4.74 Å². The van der Waals surface area contributed by atoms with Crippen LogP contribution >= 0.6 is 7.60 Å². The first-order valence-corrected chi connectivity index (χ1v) is 7.51. The van der Waals surface area contributed by atoms with Crippen LogP contribution in [0.15, 0.2) is 29.2 Å². The molecule has 0 unspecified atom stereocenters. The largest absolute Gasteiger partial charge is 0.810 e. The second-order valence-electron chi connectivity index (χ2n) is 3.01. The number of hydrogen-bond donors (Lipinski definition) is 0. The lowest BCUT2D eigenvalue weighted by atomic mass is 10.3. The number of ether oxygens (including phenoxy) is 1. The van der Waals surface area contributed by atoms with Crippen molar-refractivity contribution in [2.75, 3.05) is 12.6 Å². The summed E-state index contributed by atoms with van der Waals surface area (Å²) in [6.45, 7) is 0. The highest BCUT2D eigenvalue weighted by molar-refractivity contribution is 7.97. The number of methoxy groups -OCH3 is 1. The van der Waals surface area contributed by atoms with Crippen molar-refractivity contribution in [1.82, 2.24) is 0 Å². The van der Waals surface area contributed by atoms with Gasteiger partial charge in [0.1, 0.15) is 10.6 Å². The van der Waals surface area contributed by atoms with Crippen molar-refractivity contribution in [2.24, 2.45) is 0 Å². The SMILES string of the molecule is COc1ccccc1S(=O)(=O)CP(=O)([O-])[O-]. The first-order chi connectivity index (χ1) is 7.26. The Bertz CT molecular complexity index is 517. The highest BCUT2D eigenvalue weighted by atomic mass is 32.2. The van der Waals surface area contributed by atoms with Crippen LogP contribution in [-0.4, -0.2) is 21.0 Å². The van der Waals surface area contributed by atoms with E-state index < -0.39 is 22.9 Å². The standard InChI is InChI=1S/C8H11O6PS/c1-14-7-4-2-3-5-8(7)16(12,13)6-15(9,10)11/h2-5H,6H2,1H3,(H2,9,10,11)/p-2. The summed E-state index contributed by atoms with van der Waals surface area (Å²) in [5.74, 6) is 0.0101. The number of para-hydroxylation sites is 1. The van der Waals surface area contributed by atoms with Crippen molar-refractivity contribution in [1.29, 1.82) is 0 Å². The van der Waals surface area contributed by atoms with E-state index in [0.29, 0.717) is 0 Å². The molecule has 0 aliphatic heterocycles. The highest BCUT2D eigenvalue weighted by Crippen LogP contribution is 2.32. The van der Waals surface area contributed by atoms with Crippen molar-refractivity contribution in [3.05, 3.63) is 24.3 Å². The molecule has 0 fully saturated rings. The maximum absolute atomic E-state index is 11.6. The van der Waals surface area contributed by atoms with Crippen LogP contribution in [0.1, 0.15) is 0 Å². The number of hydrogen-bond acceptors (Lipinski definition) is 6. The third-order valence-corrected chi connectivity index (χ3v) is 5.36. The Morgan fingerprint density at radius 2 is 1.88 bits per heavy atom. The van der Waals surface area contributed by atoms with Crippen molar-refractivity contribution in [3.8, 4) is 5.75 Å². The maximum Gasteiger partial charge on any atom is 0.186 e. The first-order valence-electron chi connectivity index (χ1n) is 4.13. The number of sulfone groups is 1. The molecule has 16 heavy (non-hydrogen) atoms. The van der Waals surface area contributed by atoms with Crippen LogP contribution in [0, 0.1) is 0 Å². The predicted molar refractivity (Wildman–Crippen MR) is 52.7 cm³/mol. The lowest BCUT2D eigenvalue weighted by molar-refractivity contribution is -0.311. The molecular weight excluding hydrogens is 255 g/mol. The van der Waals surface area contributed by atoms with Gasteiger partial charge in [0.15, 0.2) is 9.84 Å². The lowest BCUT2D eigenvalue weighted by Crippen LogP contribution is -2.22. The average molecular weight is 264 g/mol. The quantitative estimate of drug-likeness (QED) is 0.668. The van der Waals surface area contributed by atoms with Gasteiger partial charge in [-0.25, -0.2) is 8.42 Å². The van der Waals surface area contributed by atoms with Gasteiger partial charge in [0.25, 0.3) is 0 Å². The zero-order valence-electron chi connectivity index (χ0n) is 8.32. The highest BCUT2D eigenvalue weighted by Gasteiger charge is 2.20. The fourth-order valence-electron chi connectivity index (χ4n) is 1.15. The molecule has 0 aliphatic rings. The monoisotopic (exact) mass is 264 g/mol. The second kappa shape index (κ2) is 4.55. The van der Waals surface area contributed by atoms with Gasteiger partial charge >= 0.3 is 0 Å². The molecule has 90 valence electrons. The van der Waals surface area contributed by atoms with Gasteiger partial charge in [-0.1, -0.05) is 19.7 Å². The molecule has 0 N–H and O–H groups in total. The van der Waals surface area contributed by atoms with Crippen molar-refractivity contribution in [3.63, 3.8) is 0 Å². The summed E-state index contributed by atoms with van der Waals surface area (Å²) in [6.07, 6.45) is 0. The van der Waals surface area contributed by atoms with E-state index in [-0.39, 0.29) is 10.6 Å². The molecule has 1 aromatic carbocycles. The van der Waals surface area contributed by atoms with Gasteiger partial charge in [-0.05, 0) is 12.1 Å². The summed E-state index contributed by atoms with van der Waals surface area (Å²) in [7, 11) is -8.05. The smallest absolute Gasteiger partial charge is 0.186 e. The van der Waals surface area contributed by atoms with Crippen molar-refractivity contribution >= 4 is 17.4 Å². The Hall–Kier alpha value is -0.880. The summed E-state index contributed by atoms with van der Waals surface area (Å²) in [5.41, 5.74) is -1.44. The fraction of sp³-hybridized carbons (Fsp3) is 0.250. The predicted octanol–water partition coefficient (Wildman–Crippen LogP) is -0.660. The van der Waals surface area contributed by atoms with Crippen LogP contribution in [-0.2, 0) is 14.4 Å². The molecule has 0 spiro atoms. The Kier molecular flexibility index (Phi) is 3.75. The minimum absolute atomic E-state index is 0.0101. The molecule has 0 radical (unpaired) electrons. The molecule has 8 heteroatoms. The number of benzene rings is 1. The van der Waals surface area contributed by atoms with E-state index in [1.54, 1.807) is 0 Å². The molecule has 1 rings (SSSR count). The van der Waals surface area contributed by atoms with E-state index in [1.165, 1.54) is 31.4 Å². The van der Waals surface area contributed by atoms with Gasteiger partial charge in [0, 0.05) is 0 Å². The molecule has 0 saturated heterocycles. The summed E-state index contributed by atoms with van der Waals surface area (Å²) >= 11 is 0. The summed E-state index contributed by atoms with van der Waals surface area (Å²) in [6, 6.07) is 5.50. The molecule has 1 aromatic rings. The molecule has 0 aliphatic carbocycles. The van der Waals surface area contributed by atoms with E-state index in [2.05, 4.69) is 0 Å². The van der Waals surface area contributed by atoms with Crippen LogP contribution in [0.5, 0.6) is 5.75 Å². The van der Waals surface area contributed by atoms with E-state index in [9.17, 15) is 22.8 Å². The zero-order chi connectivity index (χ0) is 12.4. The third kappa shape index (κ3) is 3.31. The Labute approximate surface area is 93.0 Å². The van der Waals surface area contributed by atoms with E-state index in [0.717, 1.165) is 0 Å². The van der Waals surface area contributed by atoms with Crippen molar-refractivity contribution in [2.45, 2.75) is 4.90 Å². The van der Waals surface area contributed by atoms with Gasteiger partial charge in [-0.3, -0.25) is 0 Å². The van der Waals surface area contributed by atoms with Gasteiger partial charge in [0.2, 0.25) is 0 Å². The second-order valence-corrected chi connectivity index (χ2v) is 6.93. The normalized spacial score (nSPS) is 12.4. The van der Waals surface area contributed by atoms with Crippen LogP contribution in [0.3, 0.4) is 0 Å². The minimum Gasteiger partial charge on any atom is -0.810 e. The van der Waals surface area contributed by atoms with Gasteiger partial charge in [0.05, 0.1) is 12.6 Å². The molecule has 0 amide bonds. The number of rotatable bonds is 4. The van der Waals surface area contributed by atoms with Crippen LogP contribution in [0.4, 0.5) is 0 Å². The molecule has 0 aromatic heterocycles. The molecule has 0 heterocycles.